The molecule has 6 unspecified atom stereocenters. The van der Waals surface area contributed by atoms with Crippen molar-refractivity contribution < 1.29 is 14.6 Å². The minimum Gasteiger partial charge on any atom is -0.396 e. The van der Waals surface area contributed by atoms with Crippen molar-refractivity contribution in [2.45, 2.75) is 81.2 Å². The first kappa shape index (κ1) is 26.8. The second-order valence-electron chi connectivity index (χ2n) is 11.8. The predicted molar refractivity (Wildman–Crippen MR) is 159 cm³/mol. The minimum absolute atomic E-state index is 0.0294. The van der Waals surface area contributed by atoms with E-state index >= 15 is 0 Å². The summed E-state index contributed by atoms with van der Waals surface area (Å²) in [6.45, 7) is 6.03. The van der Waals surface area contributed by atoms with E-state index in [1.165, 1.54) is 16.7 Å². The average molecular weight is 573 g/mol. The van der Waals surface area contributed by atoms with Crippen LogP contribution in [-0.4, -0.2) is 66.5 Å². The van der Waals surface area contributed by atoms with Crippen LogP contribution in [0.4, 0.5) is 5.82 Å². The van der Waals surface area contributed by atoms with Gasteiger partial charge in [0, 0.05) is 30.2 Å². The molecule has 2 saturated carbocycles. The number of rotatable bonds is 9. The van der Waals surface area contributed by atoms with Crippen molar-refractivity contribution in [2.75, 3.05) is 17.7 Å². The Morgan fingerprint density at radius 3 is 2.63 bits per heavy atom. The molecule has 1 aliphatic heterocycles. The van der Waals surface area contributed by atoms with Gasteiger partial charge < -0.3 is 19.9 Å². The Kier molecular flexibility index (Phi) is 6.97. The first-order valence-corrected chi connectivity index (χ1v) is 15.6. The van der Waals surface area contributed by atoms with Gasteiger partial charge in [-0.15, -0.1) is 5.10 Å². The predicted octanol–water partition coefficient (Wildman–Crippen LogP) is 5.43. The van der Waals surface area contributed by atoms with Crippen LogP contribution in [0.5, 0.6) is 0 Å². The van der Waals surface area contributed by atoms with E-state index in [4.69, 9.17) is 19.4 Å². The third-order valence-corrected chi connectivity index (χ3v) is 9.43. The van der Waals surface area contributed by atoms with Crippen LogP contribution in [0.2, 0.25) is 0 Å². The lowest BCUT2D eigenvalue weighted by Gasteiger charge is -2.23. The van der Waals surface area contributed by atoms with Crippen molar-refractivity contribution >= 4 is 28.7 Å². The van der Waals surface area contributed by atoms with Crippen LogP contribution in [0.25, 0.3) is 22.3 Å². The number of aliphatic hydroxyl groups excluding tert-OH is 1. The number of hydrogen-bond donors (Lipinski definition) is 2. The van der Waals surface area contributed by atoms with Crippen molar-refractivity contribution in [3.8, 4) is 11.1 Å². The summed E-state index contributed by atoms with van der Waals surface area (Å²) in [5.41, 5.74) is 5.14. The largest absolute Gasteiger partial charge is 0.396 e. The van der Waals surface area contributed by atoms with Crippen LogP contribution in [0.15, 0.2) is 59.8 Å². The maximum Gasteiger partial charge on any atom is 0.191 e. The molecule has 10 heteroatoms. The van der Waals surface area contributed by atoms with Gasteiger partial charge in [-0.25, -0.2) is 14.6 Å². The summed E-state index contributed by atoms with van der Waals surface area (Å²) >= 11 is 1.65. The van der Waals surface area contributed by atoms with Crippen LogP contribution >= 0.6 is 11.8 Å². The van der Waals surface area contributed by atoms with E-state index in [1.807, 2.05) is 24.6 Å². The Bertz CT molecular complexity index is 1550. The van der Waals surface area contributed by atoms with E-state index in [0.29, 0.717) is 28.7 Å². The van der Waals surface area contributed by atoms with Crippen molar-refractivity contribution in [2.24, 2.45) is 5.92 Å². The zero-order valence-corrected chi connectivity index (χ0v) is 24.4. The molecule has 0 radical (unpaired) electrons. The van der Waals surface area contributed by atoms with Gasteiger partial charge in [0.05, 0.1) is 12.1 Å². The highest BCUT2D eigenvalue weighted by atomic mass is 32.2. The molecule has 6 atom stereocenters. The SMILES string of the molecule is CCCSc1nc(NC2CC2c2cccc(-c3ccccc3)c2)c2nnn(C3CC(CO)C4OC(C)(C)OC43)c2n1. The highest BCUT2D eigenvalue weighted by Gasteiger charge is 2.55. The van der Waals surface area contributed by atoms with Gasteiger partial charge in [-0.3, -0.25) is 0 Å². The Morgan fingerprint density at radius 1 is 1.02 bits per heavy atom. The number of aromatic nitrogens is 5. The maximum atomic E-state index is 10.1. The average Bonchev–Trinajstić information content (AvgIpc) is 3.32. The van der Waals surface area contributed by atoms with E-state index in [9.17, 15) is 5.11 Å². The lowest BCUT2D eigenvalue weighted by Crippen LogP contribution is -2.28. The van der Waals surface area contributed by atoms with Gasteiger partial charge in [0.1, 0.15) is 6.10 Å². The lowest BCUT2D eigenvalue weighted by molar-refractivity contribution is -0.162. The molecule has 41 heavy (non-hydrogen) atoms. The smallest absolute Gasteiger partial charge is 0.191 e. The molecule has 9 nitrogen and oxygen atoms in total. The summed E-state index contributed by atoms with van der Waals surface area (Å²) in [6, 6.07) is 19.5. The number of aliphatic hydroxyl groups is 1. The molecule has 2 aromatic carbocycles. The Hall–Kier alpha value is -3.05. The number of nitrogens with zero attached hydrogens (tertiary/aromatic N) is 5. The van der Waals surface area contributed by atoms with Crippen LogP contribution in [0.1, 0.15) is 57.6 Å². The maximum absolute atomic E-state index is 10.1. The molecule has 0 spiro atoms. The van der Waals surface area contributed by atoms with Crippen molar-refractivity contribution in [3.05, 3.63) is 60.2 Å². The van der Waals surface area contributed by atoms with Gasteiger partial charge in [-0.2, -0.15) is 0 Å². The molecule has 7 rings (SSSR count). The molecule has 0 bridgehead atoms. The van der Waals surface area contributed by atoms with Gasteiger partial charge in [-0.05, 0) is 49.8 Å². The van der Waals surface area contributed by atoms with Crippen LogP contribution in [0, 0.1) is 5.92 Å². The van der Waals surface area contributed by atoms with Crippen molar-refractivity contribution in [3.63, 3.8) is 0 Å². The lowest BCUT2D eigenvalue weighted by atomic mass is 10.0. The molecule has 3 heterocycles. The van der Waals surface area contributed by atoms with E-state index in [1.54, 1.807) is 11.8 Å². The molecule has 214 valence electrons. The fourth-order valence-electron chi connectivity index (χ4n) is 6.35. The molecule has 1 saturated heterocycles. The Labute approximate surface area is 244 Å². The number of hydrogen-bond acceptors (Lipinski definition) is 9. The van der Waals surface area contributed by atoms with Crippen molar-refractivity contribution in [1.82, 2.24) is 25.0 Å². The molecule has 4 aromatic rings. The molecular weight excluding hydrogens is 536 g/mol. The summed E-state index contributed by atoms with van der Waals surface area (Å²) in [4.78, 5) is 9.82. The van der Waals surface area contributed by atoms with E-state index in [-0.39, 0.29) is 36.8 Å². The van der Waals surface area contributed by atoms with Crippen LogP contribution in [-0.2, 0) is 9.47 Å². The number of thioether (sulfide) groups is 1. The third-order valence-electron chi connectivity index (χ3n) is 8.37. The number of fused-ring (bicyclic) bond motifs is 2. The normalized spacial score (nSPS) is 28.2. The summed E-state index contributed by atoms with van der Waals surface area (Å²) in [7, 11) is 0. The van der Waals surface area contributed by atoms with Gasteiger partial charge >= 0.3 is 0 Å². The number of benzene rings is 2. The Morgan fingerprint density at radius 2 is 1.83 bits per heavy atom. The monoisotopic (exact) mass is 572 g/mol. The van der Waals surface area contributed by atoms with Gasteiger partial charge in [0.2, 0.25) is 0 Å². The second kappa shape index (κ2) is 10.7. The first-order valence-electron chi connectivity index (χ1n) is 14.6. The highest BCUT2D eigenvalue weighted by Crippen LogP contribution is 2.48. The standard InChI is InChI=1S/C31H36N6O3S/c1-4-13-41-30-33-28(32-23-16-22(23)20-12-8-11-19(14-20)18-9-6-5-7-10-18)25-29(34-30)37(36-35-25)24-15-21(17-38)26-27(24)40-31(2,3)39-26/h5-12,14,21-24,26-27,38H,4,13,15-17H2,1-3H3,(H,32,33,34). The van der Waals surface area contributed by atoms with Crippen LogP contribution < -0.4 is 5.32 Å². The molecule has 3 aliphatic rings. The van der Waals surface area contributed by atoms with Gasteiger partial charge in [0.15, 0.2) is 27.9 Å². The molecule has 2 N–H and O–H groups in total. The summed E-state index contributed by atoms with van der Waals surface area (Å²) in [5, 5.41) is 23.6. The molecule has 2 aliphatic carbocycles. The van der Waals surface area contributed by atoms with E-state index < -0.39 is 5.79 Å². The summed E-state index contributed by atoms with van der Waals surface area (Å²) in [6.07, 6.45) is 2.33. The molecule has 0 amide bonds. The summed E-state index contributed by atoms with van der Waals surface area (Å²) < 4.78 is 14.4. The fourth-order valence-corrected chi connectivity index (χ4v) is 7.04. The summed E-state index contributed by atoms with van der Waals surface area (Å²) in [5.74, 6) is 1.32. The molecule has 3 fully saturated rings. The topological polar surface area (TPSA) is 107 Å². The van der Waals surface area contributed by atoms with Gasteiger partial charge in [0.25, 0.3) is 0 Å². The third kappa shape index (κ3) is 5.11. The highest BCUT2D eigenvalue weighted by molar-refractivity contribution is 7.99. The first-order chi connectivity index (χ1) is 19.9. The Balaban J connectivity index is 1.18. The minimum atomic E-state index is -0.708. The molecular formula is C31H36N6O3S. The number of anilines is 1. The zero-order chi connectivity index (χ0) is 28.1. The molecule has 2 aromatic heterocycles. The van der Waals surface area contributed by atoms with E-state index in [2.05, 4.69) is 71.1 Å². The zero-order valence-electron chi connectivity index (χ0n) is 23.6. The number of nitrogens with one attached hydrogen (secondary N) is 1. The number of ether oxygens (including phenoxy) is 2. The van der Waals surface area contributed by atoms with Crippen molar-refractivity contribution in [1.29, 1.82) is 0 Å². The second-order valence-corrected chi connectivity index (χ2v) is 12.9. The quantitative estimate of drug-likeness (QED) is 0.200. The van der Waals surface area contributed by atoms with Gasteiger partial charge in [-0.1, -0.05) is 78.5 Å². The van der Waals surface area contributed by atoms with E-state index in [0.717, 1.165) is 24.4 Å². The van der Waals surface area contributed by atoms with Crippen LogP contribution in [0.3, 0.4) is 0 Å². The fraction of sp³-hybridized carbons (Fsp3) is 0.484.